The summed E-state index contributed by atoms with van der Waals surface area (Å²) in [6.45, 7) is 3.54. The first-order chi connectivity index (χ1) is 8.90. The second-order valence-electron chi connectivity index (χ2n) is 4.75. The van der Waals surface area contributed by atoms with Gasteiger partial charge in [-0.25, -0.2) is 4.79 Å². The molecule has 0 saturated heterocycles. The maximum atomic E-state index is 11.7. The van der Waals surface area contributed by atoms with E-state index in [9.17, 15) is 9.59 Å². The molecule has 0 aromatic heterocycles. The van der Waals surface area contributed by atoms with Crippen molar-refractivity contribution in [3.63, 3.8) is 0 Å². The molecule has 19 heavy (non-hydrogen) atoms. The number of carbonyl (C=O) groups is 2. The van der Waals surface area contributed by atoms with Crippen molar-refractivity contribution in [1.82, 2.24) is 5.32 Å². The van der Waals surface area contributed by atoms with E-state index in [0.29, 0.717) is 6.42 Å². The van der Waals surface area contributed by atoms with Gasteiger partial charge in [0, 0.05) is 10.9 Å². The van der Waals surface area contributed by atoms with E-state index in [1.165, 1.54) is 0 Å². The number of hydrogen-bond donors (Lipinski definition) is 2. The van der Waals surface area contributed by atoms with Gasteiger partial charge in [-0.1, -0.05) is 41.9 Å². The van der Waals surface area contributed by atoms with E-state index in [1.807, 2.05) is 24.3 Å². The van der Waals surface area contributed by atoms with Crippen molar-refractivity contribution in [3.8, 4) is 0 Å². The molecule has 0 saturated carbocycles. The van der Waals surface area contributed by atoms with Gasteiger partial charge in [0.2, 0.25) is 5.91 Å². The molecule has 0 bridgehead atoms. The Morgan fingerprint density at radius 2 is 1.84 bits per heavy atom. The molecule has 4 nitrogen and oxygen atoms in total. The van der Waals surface area contributed by atoms with E-state index in [0.717, 1.165) is 10.0 Å². The minimum Gasteiger partial charge on any atom is -0.480 e. The van der Waals surface area contributed by atoms with Gasteiger partial charge in [0.15, 0.2) is 0 Å². The topological polar surface area (TPSA) is 66.4 Å². The van der Waals surface area contributed by atoms with E-state index >= 15 is 0 Å². The zero-order chi connectivity index (χ0) is 14.4. The van der Waals surface area contributed by atoms with Crippen LogP contribution in [0.1, 0.15) is 25.8 Å². The molecule has 1 aromatic carbocycles. The quantitative estimate of drug-likeness (QED) is 0.844. The van der Waals surface area contributed by atoms with Gasteiger partial charge in [0.05, 0.1) is 0 Å². The fourth-order valence-electron chi connectivity index (χ4n) is 1.67. The Morgan fingerprint density at radius 1 is 1.26 bits per heavy atom. The van der Waals surface area contributed by atoms with E-state index in [-0.39, 0.29) is 18.2 Å². The number of carboxylic acids is 1. The first-order valence-corrected chi connectivity index (χ1v) is 6.96. The molecule has 0 aliphatic carbocycles. The number of aryl methyl sites for hydroxylation is 1. The number of carbonyl (C=O) groups excluding carboxylic acids is 1. The second-order valence-corrected chi connectivity index (χ2v) is 5.67. The molecule has 1 atom stereocenters. The molecule has 0 fully saturated rings. The van der Waals surface area contributed by atoms with Crippen molar-refractivity contribution in [2.24, 2.45) is 5.92 Å². The van der Waals surface area contributed by atoms with E-state index in [1.54, 1.807) is 13.8 Å². The third kappa shape index (κ3) is 5.42. The molecule has 0 aliphatic rings. The van der Waals surface area contributed by atoms with Crippen LogP contribution in [0.5, 0.6) is 0 Å². The molecule has 0 spiro atoms. The van der Waals surface area contributed by atoms with Crippen LogP contribution in [-0.2, 0) is 16.0 Å². The Kier molecular flexibility index (Phi) is 6.02. The van der Waals surface area contributed by atoms with Crippen molar-refractivity contribution >= 4 is 27.8 Å². The monoisotopic (exact) mass is 327 g/mol. The van der Waals surface area contributed by atoms with E-state index in [4.69, 9.17) is 5.11 Å². The van der Waals surface area contributed by atoms with Gasteiger partial charge >= 0.3 is 5.97 Å². The highest BCUT2D eigenvalue weighted by molar-refractivity contribution is 9.10. The molecule has 1 aromatic rings. The highest BCUT2D eigenvalue weighted by atomic mass is 79.9. The van der Waals surface area contributed by atoms with Gasteiger partial charge in [0.1, 0.15) is 6.04 Å². The fraction of sp³-hybridized carbons (Fsp3) is 0.429. The van der Waals surface area contributed by atoms with Crippen LogP contribution in [0.3, 0.4) is 0 Å². The number of amides is 1. The van der Waals surface area contributed by atoms with Crippen molar-refractivity contribution in [2.75, 3.05) is 0 Å². The third-order valence-electron chi connectivity index (χ3n) is 2.80. The Balaban J connectivity index is 2.47. The first-order valence-electron chi connectivity index (χ1n) is 6.16. The Morgan fingerprint density at radius 3 is 2.32 bits per heavy atom. The van der Waals surface area contributed by atoms with Gasteiger partial charge in [-0.3, -0.25) is 4.79 Å². The Bertz CT molecular complexity index is 443. The van der Waals surface area contributed by atoms with Crippen molar-refractivity contribution in [2.45, 2.75) is 32.7 Å². The average molecular weight is 328 g/mol. The van der Waals surface area contributed by atoms with Crippen LogP contribution in [0.15, 0.2) is 28.7 Å². The molecule has 5 heteroatoms. The number of halogens is 1. The summed E-state index contributed by atoms with van der Waals surface area (Å²) in [4.78, 5) is 22.7. The van der Waals surface area contributed by atoms with Crippen LogP contribution < -0.4 is 5.32 Å². The predicted molar refractivity (Wildman–Crippen MR) is 76.9 cm³/mol. The lowest BCUT2D eigenvalue weighted by molar-refractivity contribution is -0.143. The molecule has 2 N–H and O–H groups in total. The van der Waals surface area contributed by atoms with Crippen LogP contribution in [0.4, 0.5) is 0 Å². The molecule has 1 amide bonds. The number of hydrogen-bond acceptors (Lipinski definition) is 2. The smallest absolute Gasteiger partial charge is 0.326 e. The van der Waals surface area contributed by atoms with Crippen LogP contribution in [0.25, 0.3) is 0 Å². The fourth-order valence-corrected chi connectivity index (χ4v) is 1.93. The van der Waals surface area contributed by atoms with Gasteiger partial charge in [-0.05, 0) is 30.0 Å². The first kappa shape index (κ1) is 15.7. The van der Waals surface area contributed by atoms with Gasteiger partial charge in [0.25, 0.3) is 0 Å². The summed E-state index contributed by atoms with van der Waals surface area (Å²) < 4.78 is 0.992. The second kappa shape index (κ2) is 7.28. The molecule has 0 heterocycles. The van der Waals surface area contributed by atoms with Gasteiger partial charge < -0.3 is 10.4 Å². The van der Waals surface area contributed by atoms with Crippen molar-refractivity contribution in [3.05, 3.63) is 34.3 Å². The summed E-state index contributed by atoms with van der Waals surface area (Å²) >= 11 is 3.35. The van der Waals surface area contributed by atoms with Crippen LogP contribution in [0, 0.1) is 5.92 Å². The van der Waals surface area contributed by atoms with E-state index < -0.39 is 12.0 Å². The number of benzene rings is 1. The van der Waals surface area contributed by atoms with Gasteiger partial charge in [-0.15, -0.1) is 0 Å². The summed E-state index contributed by atoms with van der Waals surface area (Å²) in [6, 6.07) is 6.89. The highest BCUT2D eigenvalue weighted by Crippen LogP contribution is 2.12. The summed E-state index contributed by atoms with van der Waals surface area (Å²) in [6.07, 6.45) is 0.891. The maximum absolute atomic E-state index is 11.7. The number of carboxylic acid groups (broad SMARTS) is 1. The minimum atomic E-state index is -0.994. The average Bonchev–Trinajstić information content (AvgIpc) is 2.34. The molecular formula is C14H18BrNO3. The number of nitrogens with one attached hydrogen (secondary N) is 1. The maximum Gasteiger partial charge on any atom is 0.326 e. The summed E-state index contributed by atoms with van der Waals surface area (Å²) in [5, 5.41) is 11.5. The molecule has 0 aliphatic heterocycles. The highest BCUT2D eigenvalue weighted by Gasteiger charge is 2.22. The lowest BCUT2D eigenvalue weighted by Gasteiger charge is -2.17. The SMILES string of the molecule is CC(C)[C@H](NC(=O)CCc1ccc(Br)cc1)C(=O)O. The standard InChI is InChI=1S/C14H18BrNO3/c1-9(2)13(14(18)19)16-12(17)8-5-10-3-6-11(15)7-4-10/h3-4,6-7,9,13H,5,8H2,1-2H3,(H,16,17)(H,18,19)/t13-/m0/s1. The zero-order valence-corrected chi connectivity index (χ0v) is 12.6. The van der Waals surface area contributed by atoms with Crippen LogP contribution in [0.2, 0.25) is 0 Å². The molecule has 0 radical (unpaired) electrons. The molecule has 0 unspecified atom stereocenters. The summed E-state index contributed by atoms with van der Waals surface area (Å²) in [5.74, 6) is -1.36. The molecular weight excluding hydrogens is 310 g/mol. The molecule has 104 valence electrons. The Hall–Kier alpha value is -1.36. The minimum absolute atomic E-state index is 0.130. The summed E-state index contributed by atoms with van der Waals surface area (Å²) in [7, 11) is 0. The third-order valence-corrected chi connectivity index (χ3v) is 3.33. The number of rotatable bonds is 6. The molecule has 1 rings (SSSR count). The van der Waals surface area contributed by atoms with Gasteiger partial charge in [-0.2, -0.15) is 0 Å². The van der Waals surface area contributed by atoms with Crippen molar-refractivity contribution in [1.29, 1.82) is 0 Å². The van der Waals surface area contributed by atoms with Crippen LogP contribution >= 0.6 is 15.9 Å². The Labute approximate surface area is 121 Å². The zero-order valence-electron chi connectivity index (χ0n) is 11.0. The van der Waals surface area contributed by atoms with Crippen LogP contribution in [-0.4, -0.2) is 23.0 Å². The lowest BCUT2D eigenvalue weighted by atomic mass is 10.0. The normalized spacial score (nSPS) is 12.2. The predicted octanol–water partition coefficient (Wildman–Crippen LogP) is 2.61. The number of aliphatic carboxylic acids is 1. The lowest BCUT2D eigenvalue weighted by Crippen LogP contribution is -2.44. The van der Waals surface area contributed by atoms with E-state index in [2.05, 4.69) is 21.2 Å². The largest absolute Gasteiger partial charge is 0.480 e. The van der Waals surface area contributed by atoms with Crippen molar-refractivity contribution < 1.29 is 14.7 Å². The summed E-state index contributed by atoms with van der Waals surface area (Å²) in [5.41, 5.74) is 1.05.